The van der Waals surface area contributed by atoms with Gasteiger partial charge in [0.25, 0.3) is 0 Å². The van der Waals surface area contributed by atoms with Gasteiger partial charge < -0.3 is 24.4 Å². The van der Waals surface area contributed by atoms with Crippen LogP contribution in [0.3, 0.4) is 0 Å². The van der Waals surface area contributed by atoms with Crippen molar-refractivity contribution in [1.29, 1.82) is 0 Å². The maximum atomic E-state index is 10.3. The van der Waals surface area contributed by atoms with Crippen LogP contribution >= 0.6 is 0 Å². The fourth-order valence-corrected chi connectivity index (χ4v) is 1.34. The number of ether oxygens (including phenoxy) is 3. The summed E-state index contributed by atoms with van der Waals surface area (Å²) in [6, 6.07) is 10.0. The number of unbranched alkanes of at least 4 members (excludes halogenated alkanes) is 1. The molecule has 0 saturated carbocycles. The molecule has 2 N–H and O–H groups in total. The normalized spacial score (nSPS) is 8.13. The molecule has 0 bridgehead atoms. The minimum absolute atomic E-state index is 0.0465. The van der Waals surface area contributed by atoms with Crippen molar-refractivity contribution in [2.75, 3.05) is 26.9 Å². The van der Waals surface area contributed by atoms with Gasteiger partial charge in [-0.15, -0.1) is 0 Å². The first-order valence-electron chi connectivity index (χ1n) is 11.4. The number of benzene rings is 1. The quantitative estimate of drug-likeness (QED) is 0.185. The number of carboxylic acid groups (broad SMARTS) is 1. The maximum Gasteiger partial charge on any atom is 0.332 e. The number of hydrogen-bond acceptors (Lipinski definition) is 8. The highest BCUT2D eigenvalue weighted by Crippen LogP contribution is 1.97. The van der Waals surface area contributed by atoms with Crippen molar-refractivity contribution in [3.63, 3.8) is 0 Å². The molecule has 0 saturated heterocycles. The Bertz CT molecular complexity index is 844. The van der Waals surface area contributed by atoms with Gasteiger partial charge in [-0.25, -0.2) is 19.2 Å². The highest BCUT2D eigenvalue weighted by atomic mass is 16.5. The first kappa shape index (κ1) is 40.9. The molecule has 0 amide bonds. The Morgan fingerprint density at radius 3 is 1.55 bits per heavy atom. The van der Waals surface area contributed by atoms with Crippen LogP contribution in [0, 0.1) is 0 Å². The third-order valence-electron chi connectivity index (χ3n) is 3.35. The van der Waals surface area contributed by atoms with Crippen LogP contribution in [0.4, 0.5) is 0 Å². The number of aliphatic carboxylic acids is 1. The number of carbonyl (C=O) groups excluding carboxylic acids is 3. The monoisotopic (exact) mass is 534 g/mol. The number of methoxy groups -OCH3 is 1. The molecule has 9 nitrogen and oxygen atoms in total. The van der Waals surface area contributed by atoms with Crippen molar-refractivity contribution < 1.29 is 43.6 Å². The lowest BCUT2D eigenvalue weighted by atomic mass is 10.2. The van der Waals surface area contributed by atoms with Crippen molar-refractivity contribution in [2.24, 2.45) is 0 Å². The molecule has 0 heterocycles. The van der Waals surface area contributed by atoms with E-state index in [0.29, 0.717) is 12.2 Å². The molecule has 0 atom stereocenters. The highest BCUT2D eigenvalue weighted by molar-refractivity contribution is 5.86. The number of aliphatic hydroxyl groups is 1. The van der Waals surface area contributed by atoms with E-state index in [4.69, 9.17) is 10.2 Å². The fraction of sp³-hybridized carbons (Fsp3) is 0.310. The Balaban J connectivity index is -0.000000191. The lowest BCUT2D eigenvalue weighted by molar-refractivity contribution is -0.139. The average molecular weight is 535 g/mol. The lowest BCUT2D eigenvalue weighted by Gasteiger charge is -1.97. The minimum atomic E-state index is -0.935. The summed E-state index contributed by atoms with van der Waals surface area (Å²) in [4.78, 5) is 40.3. The molecule has 0 spiro atoms. The summed E-state index contributed by atoms with van der Waals surface area (Å²) in [7, 11) is 1.33. The number of esters is 3. The van der Waals surface area contributed by atoms with Gasteiger partial charge in [0.05, 0.1) is 20.3 Å². The highest BCUT2D eigenvalue weighted by Gasteiger charge is 1.95. The molecule has 0 unspecified atom stereocenters. The second-order valence-electron chi connectivity index (χ2n) is 6.79. The van der Waals surface area contributed by atoms with Crippen LogP contribution in [-0.4, -0.2) is 61.0 Å². The molecule has 0 aliphatic rings. The molecular formula is C29H42O9. The SMILES string of the molecule is C=C(C)C(=O)O.C=C(C)C(=O)OC.C=CC(=O)OCCCC.C=CC(=O)OCCO.C=Cc1ccccc1. The third-order valence-corrected chi connectivity index (χ3v) is 3.35. The molecule has 1 rings (SSSR count). The molecular weight excluding hydrogens is 492 g/mol. The summed E-state index contributed by atoms with van der Waals surface area (Å²) >= 11 is 0. The van der Waals surface area contributed by atoms with Crippen molar-refractivity contribution in [3.05, 3.63) is 92.1 Å². The Kier molecular flexibility index (Phi) is 33.1. The number of rotatable bonds is 10. The predicted molar refractivity (Wildman–Crippen MR) is 150 cm³/mol. The van der Waals surface area contributed by atoms with Crippen molar-refractivity contribution in [2.45, 2.75) is 33.6 Å². The van der Waals surface area contributed by atoms with E-state index in [2.05, 4.69) is 47.1 Å². The van der Waals surface area contributed by atoms with Crippen molar-refractivity contribution in [3.8, 4) is 0 Å². The van der Waals surface area contributed by atoms with Gasteiger partial charge in [-0.05, 0) is 25.8 Å². The van der Waals surface area contributed by atoms with Gasteiger partial charge in [0.2, 0.25) is 0 Å². The molecule has 0 fully saturated rings. The van der Waals surface area contributed by atoms with Gasteiger partial charge in [-0.1, -0.05) is 82.6 Å². The van der Waals surface area contributed by atoms with Crippen molar-refractivity contribution in [1.82, 2.24) is 0 Å². The van der Waals surface area contributed by atoms with E-state index in [0.717, 1.165) is 18.9 Å². The van der Waals surface area contributed by atoms with E-state index in [-0.39, 0.29) is 30.7 Å². The van der Waals surface area contributed by atoms with Crippen LogP contribution in [0.1, 0.15) is 39.2 Å². The van der Waals surface area contributed by atoms with E-state index in [1.165, 1.54) is 25.7 Å². The first-order chi connectivity index (χ1) is 17.9. The van der Waals surface area contributed by atoms with E-state index >= 15 is 0 Å². The maximum absolute atomic E-state index is 10.3. The second kappa shape index (κ2) is 30.8. The van der Waals surface area contributed by atoms with E-state index < -0.39 is 11.9 Å². The summed E-state index contributed by atoms with van der Waals surface area (Å²) in [5, 5.41) is 16.0. The Hall–Kier alpha value is -4.24. The molecule has 38 heavy (non-hydrogen) atoms. The largest absolute Gasteiger partial charge is 0.478 e. The Morgan fingerprint density at radius 2 is 1.32 bits per heavy atom. The summed E-state index contributed by atoms with van der Waals surface area (Å²) in [6.45, 7) is 22.1. The third kappa shape index (κ3) is 36.3. The zero-order valence-corrected chi connectivity index (χ0v) is 22.9. The van der Waals surface area contributed by atoms with E-state index in [1.807, 2.05) is 43.3 Å². The van der Waals surface area contributed by atoms with Crippen LogP contribution < -0.4 is 0 Å². The van der Waals surface area contributed by atoms with Crippen LogP contribution in [-0.2, 0) is 33.4 Å². The molecule has 1 aromatic rings. The second-order valence-corrected chi connectivity index (χ2v) is 6.79. The van der Waals surface area contributed by atoms with Gasteiger partial charge in [0, 0.05) is 23.3 Å². The zero-order chi connectivity index (χ0) is 30.4. The van der Waals surface area contributed by atoms with Crippen LogP contribution in [0.25, 0.3) is 6.08 Å². The predicted octanol–water partition coefficient (Wildman–Crippen LogP) is 4.94. The minimum Gasteiger partial charge on any atom is -0.478 e. The van der Waals surface area contributed by atoms with Gasteiger partial charge in [-0.3, -0.25) is 0 Å². The van der Waals surface area contributed by atoms with Crippen LogP contribution in [0.15, 0.2) is 86.5 Å². The summed E-state index contributed by atoms with van der Waals surface area (Å²) in [5.41, 5.74) is 1.78. The topological polar surface area (TPSA) is 136 Å². The molecule has 212 valence electrons. The van der Waals surface area contributed by atoms with Crippen molar-refractivity contribution >= 4 is 30.0 Å². The molecule has 0 aliphatic carbocycles. The Morgan fingerprint density at radius 1 is 0.868 bits per heavy atom. The number of hydrogen-bond donors (Lipinski definition) is 2. The average Bonchev–Trinajstić information content (AvgIpc) is 2.92. The van der Waals surface area contributed by atoms with Gasteiger partial charge >= 0.3 is 23.9 Å². The standard InChI is InChI=1S/C8H8.C7H12O2.C5H8O3.C5H8O2.C4H6O2/c1-2-8-6-4-3-5-7-8;1-3-5-6-9-7(8)4-2;1-2-5(7)8-4-3-6;1-4(2)5(6)7-3;1-3(2)4(5)6/h2-7H,1H2;4H,2-3,5-6H2,1H3;2,6H,1,3-4H2;1H2,2-3H3;1H2,2H3,(H,5,6). The number of carboxylic acids is 1. The summed E-state index contributed by atoms with van der Waals surface area (Å²) in [6.07, 6.45) is 6.04. The van der Waals surface area contributed by atoms with Crippen LogP contribution in [0.5, 0.6) is 0 Å². The number of aliphatic hydroxyl groups excluding tert-OH is 1. The molecule has 0 aliphatic heterocycles. The number of carbonyl (C=O) groups is 4. The van der Waals surface area contributed by atoms with E-state index in [1.54, 1.807) is 6.92 Å². The van der Waals surface area contributed by atoms with Gasteiger partial charge in [0.1, 0.15) is 6.61 Å². The summed E-state index contributed by atoms with van der Waals surface area (Å²) in [5.74, 6) is -2.11. The molecule has 1 aromatic carbocycles. The van der Waals surface area contributed by atoms with Gasteiger partial charge in [0.15, 0.2) is 0 Å². The molecule has 0 aromatic heterocycles. The van der Waals surface area contributed by atoms with E-state index in [9.17, 15) is 19.2 Å². The lowest BCUT2D eigenvalue weighted by Crippen LogP contribution is -2.04. The Labute approximate surface area is 226 Å². The first-order valence-corrected chi connectivity index (χ1v) is 11.4. The fourth-order valence-electron chi connectivity index (χ4n) is 1.34. The zero-order valence-electron chi connectivity index (χ0n) is 22.9. The van der Waals surface area contributed by atoms with Crippen LogP contribution in [0.2, 0.25) is 0 Å². The smallest absolute Gasteiger partial charge is 0.332 e. The molecule has 0 radical (unpaired) electrons. The molecule has 9 heteroatoms. The summed E-state index contributed by atoms with van der Waals surface area (Å²) < 4.78 is 13.3. The van der Waals surface area contributed by atoms with Gasteiger partial charge in [-0.2, -0.15) is 0 Å².